The normalized spacial score (nSPS) is 15.8. The number of hydrogen-bond donors (Lipinski definition) is 3. The quantitative estimate of drug-likeness (QED) is 0.747. The molecule has 0 radical (unpaired) electrons. The van der Waals surface area contributed by atoms with E-state index in [4.69, 9.17) is 0 Å². The molecule has 0 atom stereocenters. The monoisotopic (exact) mass is 270 g/mol. The van der Waals surface area contributed by atoms with Gasteiger partial charge in [0.25, 0.3) is 5.91 Å². The molecular formula is C10H11BrN2O2. The summed E-state index contributed by atoms with van der Waals surface area (Å²) in [5, 5.41) is 15.3. The van der Waals surface area contributed by atoms with E-state index < -0.39 is 0 Å². The van der Waals surface area contributed by atoms with Crippen LogP contribution >= 0.6 is 15.9 Å². The summed E-state index contributed by atoms with van der Waals surface area (Å²) in [6.07, 6.45) is 0. The number of carbonyl (C=O) groups excluding carboxylic acids is 1. The maximum Gasteiger partial charge on any atom is 0.251 e. The van der Waals surface area contributed by atoms with Crippen LogP contribution in [0.4, 0.5) is 0 Å². The van der Waals surface area contributed by atoms with Gasteiger partial charge in [0.1, 0.15) is 5.75 Å². The molecule has 0 spiro atoms. The van der Waals surface area contributed by atoms with Gasteiger partial charge in [-0.3, -0.25) is 4.79 Å². The fraction of sp³-hybridized carbons (Fsp3) is 0.300. The van der Waals surface area contributed by atoms with Crippen molar-refractivity contribution in [3.8, 4) is 5.75 Å². The molecule has 1 aliphatic rings. The lowest BCUT2D eigenvalue weighted by Gasteiger charge is -2.27. The minimum Gasteiger partial charge on any atom is -0.507 e. The Morgan fingerprint density at radius 2 is 2.27 bits per heavy atom. The number of halogens is 1. The molecule has 0 aliphatic carbocycles. The first-order valence-corrected chi connectivity index (χ1v) is 5.46. The largest absolute Gasteiger partial charge is 0.507 e. The van der Waals surface area contributed by atoms with E-state index in [0.717, 1.165) is 13.1 Å². The standard InChI is InChI=1S/C10H11BrN2O2/c11-8-2-1-6(3-9(8)14)10(15)13-7-4-12-5-7/h1-3,7,12,14H,4-5H2,(H,13,15). The molecule has 1 fully saturated rings. The van der Waals surface area contributed by atoms with Gasteiger partial charge in [-0.15, -0.1) is 0 Å². The van der Waals surface area contributed by atoms with Crippen LogP contribution in [-0.2, 0) is 0 Å². The second-order valence-corrected chi connectivity index (χ2v) is 4.35. The van der Waals surface area contributed by atoms with Crippen molar-refractivity contribution < 1.29 is 9.90 Å². The van der Waals surface area contributed by atoms with Crippen molar-refractivity contribution in [1.29, 1.82) is 0 Å². The number of amides is 1. The molecular weight excluding hydrogens is 260 g/mol. The molecule has 0 aromatic heterocycles. The highest BCUT2D eigenvalue weighted by Crippen LogP contribution is 2.24. The maximum absolute atomic E-state index is 11.6. The first kappa shape index (κ1) is 10.4. The zero-order chi connectivity index (χ0) is 10.8. The van der Waals surface area contributed by atoms with Crippen molar-refractivity contribution in [2.24, 2.45) is 0 Å². The molecule has 1 amide bonds. The van der Waals surface area contributed by atoms with Gasteiger partial charge >= 0.3 is 0 Å². The molecule has 15 heavy (non-hydrogen) atoms. The summed E-state index contributed by atoms with van der Waals surface area (Å²) in [7, 11) is 0. The first-order chi connectivity index (χ1) is 7.16. The Balaban J connectivity index is 2.07. The van der Waals surface area contributed by atoms with Crippen molar-refractivity contribution in [3.63, 3.8) is 0 Å². The fourth-order valence-electron chi connectivity index (χ4n) is 1.31. The predicted octanol–water partition coefficient (Wildman–Crippen LogP) is 0.856. The third-order valence-corrected chi connectivity index (χ3v) is 3.00. The number of phenolic OH excluding ortho intramolecular Hbond substituents is 1. The summed E-state index contributed by atoms with van der Waals surface area (Å²) < 4.78 is 0.587. The average molecular weight is 271 g/mol. The Hall–Kier alpha value is -1.07. The lowest BCUT2D eigenvalue weighted by atomic mass is 10.1. The Morgan fingerprint density at radius 3 is 2.80 bits per heavy atom. The number of rotatable bonds is 2. The smallest absolute Gasteiger partial charge is 0.251 e. The van der Waals surface area contributed by atoms with E-state index in [1.165, 1.54) is 6.07 Å². The third-order valence-electron chi connectivity index (χ3n) is 2.33. The van der Waals surface area contributed by atoms with Gasteiger partial charge < -0.3 is 15.7 Å². The van der Waals surface area contributed by atoms with Gasteiger partial charge in [-0.05, 0) is 34.1 Å². The SMILES string of the molecule is O=C(NC1CNC1)c1ccc(Br)c(O)c1. The van der Waals surface area contributed by atoms with Crippen LogP contribution in [0.25, 0.3) is 0 Å². The highest BCUT2D eigenvalue weighted by atomic mass is 79.9. The Morgan fingerprint density at radius 1 is 1.53 bits per heavy atom. The summed E-state index contributed by atoms with van der Waals surface area (Å²) in [6.45, 7) is 1.63. The van der Waals surface area contributed by atoms with Crippen LogP contribution in [0.5, 0.6) is 5.75 Å². The van der Waals surface area contributed by atoms with E-state index in [-0.39, 0.29) is 17.7 Å². The number of nitrogens with one attached hydrogen (secondary N) is 2. The minimum absolute atomic E-state index is 0.0781. The summed E-state index contributed by atoms with van der Waals surface area (Å²) in [5.74, 6) is -0.0707. The van der Waals surface area contributed by atoms with Gasteiger partial charge in [0, 0.05) is 18.7 Å². The molecule has 1 aromatic rings. The van der Waals surface area contributed by atoms with E-state index in [1.807, 2.05) is 0 Å². The van der Waals surface area contributed by atoms with Crippen LogP contribution in [0.15, 0.2) is 22.7 Å². The van der Waals surface area contributed by atoms with Gasteiger partial charge in [-0.25, -0.2) is 0 Å². The molecule has 1 aliphatic heterocycles. The summed E-state index contributed by atoms with van der Waals surface area (Å²) in [4.78, 5) is 11.6. The molecule has 1 saturated heterocycles. The zero-order valence-corrected chi connectivity index (χ0v) is 9.54. The Kier molecular flexibility index (Phi) is 2.93. The highest BCUT2D eigenvalue weighted by molar-refractivity contribution is 9.10. The van der Waals surface area contributed by atoms with Crippen molar-refractivity contribution in [3.05, 3.63) is 28.2 Å². The molecule has 80 valence electrons. The topological polar surface area (TPSA) is 61.4 Å². The molecule has 1 heterocycles. The summed E-state index contributed by atoms with van der Waals surface area (Å²) in [6, 6.07) is 4.99. The van der Waals surface area contributed by atoms with Crippen LogP contribution in [-0.4, -0.2) is 30.1 Å². The number of aromatic hydroxyl groups is 1. The Labute approximate surface area is 95.8 Å². The van der Waals surface area contributed by atoms with Crippen molar-refractivity contribution in [2.75, 3.05) is 13.1 Å². The molecule has 5 heteroatoms. The maximum atomic E-state index is 11.6. The lowest BCUT2D eigenvalue weighted by molar-refractivity contribution is 0.0923. The van der Waals surface area contributed by atoms with Gasteiger partial charge in [0.05, 0.1) is 10.5 Å². The average Bonchev–Trinajstić information content (AvgIpc) is 2.15. The summed E-state index contributed by atoms with van der Waals surface area (Å²) in [5.41, 5.74) is 0.475. The van der Waals surface area contributed by atoms with Gasteiger partial charge in [0.2, 0.25) is 0 Å². The fourth-order valence-corrected chi connectivity index (χ4v) is 1.56. The highest BCUT2D eigenvalue weighted by Gasteiger charge is 2.19. The predicted molar refractivity (Wildman–Crippen MR) is 59.9 cm³/mol. The van der Waals surface area contributed by atoms with Crippen LogP contribution < -0.4 is 10.6 Å². The van der Waals surface area contributed by atoms with E-state index in [0.29, 0.717) is 10.0 Å². The van der Waals surface area contributed by atoms with Crippen LogP contribution in [0, 0.1) is 0 Å². The van der Waals surface area contributed by atoms with Crippen molar-refractivity contribution in [1.82, 2.24) is 10.6 Å². The number of benzene rings is 1. The van der Waals surface area contributed by atoms with Crippen molar-refractivity contribution >= 4 is 21.8 Å². The number of hydrogen-bond acceptors (Lipinski definition) is 3. The van der Waals surface area contributed by atoms with Gasteiger partial charge in [-0.1, -0.05) is 0 Å². The Bertz CT molecular complexity index is 391. The van der Waals surface area contributed by atoms with Crippen molar-refractivity contribution in [2.45, 2.75) is 6.04 Å². The van der Waals surface area contributed by atoms with E-state index in [1.54, 1.807) is 12.1 Å². The minimum atomic E-state index is -0.149. The molecule has 2 rings (SSSR count). The molecule has 0 saturated carbocycles. The molecule has 4 nitrogen and oxygen atoms in total. The lowest BCUT2D eigenvalue weighted by Crippen LogP contribution is -2.56. The molecule has 1 aromatic carbocycles. The zero-order valence-electron chi connectivity index (χ0n) is 7.96. The van der Waals surface area contributed by atoms with Gasteiger partial charge in [0.15, 0.2) is 0 Å². The number of carbonyl (C=O) groups is 1. The van der Waals surface area contributed by atoms with E-state index >= 15 is 0 Å². The van der Waals surface area contributed by atoms with Crippen LogP contribution in [0.1, 0.15) is 10.4 Å². The summed E-state index contributed by atoms with van der Waals surface area (Å²) >= 11 is 3.16. The number of phenols is 1. The third kappa shape index (κ3) is 2.30. The van der Waals surface area contributed by atoms with Gasteiger partial charge in [-0.2, -0.15) is 0 Å². The van der Waals surface area contributed by atoms with E-state index in [2.05, 4.69) is 26.6 Å². The molecule has 0 bridgehead atoms. The first-order valence-electron chi connectivity index (χ1n) is 4.67. The van der Waals surface area contributed by atoms with Crippen LogP contribution in [0.2, 0.25) is 0 Å². The molecule has 0 unspecified atom stereocenters. The van der Waals surface area contributed by atoms with E-state index in [9.17, 15) is 9.90 Å². The second kappa shape index (κ2) is 4.20. The van der Waals surface area contributed by atoms with Crippen LogP contribution in [0.3, 0.4) is 0 Å². The molecule has 3 N–H and O–H groups in total. The second-order valence-electron chi connectivity index (χ2n) is 3.49.